The molecule has 0 aliphatic carbocycles. The van der Waals surface area contributed by atoms with Gasteiger partial charge in [0, 0.05) is 32.8 Å². The Labute approximate surface area is 83.8 Å². The Morgan fingerprint density at radius 2 is 2.36 bits per heavy atom. The van der Waals surface area contributed by atoms with E-state index >= 15 is 0 Å². The topological polar surface area (TPSA) is 59.3 Å². The fourth-order valence-electron chi connectivity index (χ4n) is 1.08. The van der Waals surface area contributed by atoms with Gasteiger partial charge in [-0.3, -0.25) is 0 Å². The van der Waals surface area contributed by atoms with Crippen LogP contribution < -0.4 is 10.6 Å². The molecule has 0 bridgehead atoms. The maximum Gasteiger partial charge on any atom is 0.162 e. The minimum Gasteiger partial charge on any atom is -0.377 e. The van der Waals surface area contributed by atoms with Gasteiger partial charge in [-0.1, -0.05) is 5.16 Å². The van der Waals surface area contributed by atoms with E-state index in [2.05, 4.69) is 15.8 Å². The fraction of sp³-hybridized carbons (Fsp3) is 0.667. The maximum atomic E-state index is 5.03. The van der Waals surface area contributed by atoms with Crippen LogP contribution in [-0.2, 0) is 17.9 Å². The lowest BCUT2D eigenvalue weighted by molar-refractivity contribution is 0.155. The van der Waals surface area contributed by atoms with Gasteiger partial charge < -0.3 is 19.9 Å². The molecule has 0 saturated carbocycles. The zero-order valence-electron chi connectivity index (χ0n) is 8.67. The lowest BCUT2D eigenvalue weighted by Gasteiger charge is -1.99. The summed E-state index contributed by atoms with van der Waals surface area (Å²) in [6.45, 7) is 3.07. The highest BCUT2D eigenvalue weighted by molar-refractivity contribution is 5.04. The maximum absolute atomic E-state index is 5.03. The van der Waals surface area contributed by atoms with Gasteiger partial charge in [-0.25, -0.2) is 0 Å². The van der Waals surface area contributed by atoms with Crippen molar-refractivity contribution in [3.63, 3.8) is 0 Å². The van der Waals surface area contributed by atoms with Crippen LogP contribution in [0.1, 0.15) is 11.5 Å². The van der Waals surface area contributed by atoms with E-state index in [1.54, 1.807) is 7.11 Å². The second-order valence-corrected chi connectivity index (χ2v) is 3.00. The first kappa shape index (κ1) is 11.2. The second-order valence-electron chi connectivity index (χ2n) is 3.00. The monoisotopic (exact) mass is 199 g/mol. The molecule has 0 aromatic carbocycles. The van der Waals surface area contributed by atoms with E-state index in [4.69, 9.17) is 9.26 Å². The lowest BCUT2D eigenvalue weighted by Crippen LogP contribution is -2.24. The van der Waals surface area contributed by atoms with Crippen LogP contribution in [0.2, 0.25) is 0 Å². The van der Waals surface area contributed by atoms with E-state index in [9.17, 15) is 0 Å². The van der Waals surface area contributed by atoms with E-state index in [0.29, 0.717) is 6.61 Å². The number of likely N-dealkylation sites (N-methyl/N-ethyl adjacent to an activating group) is 1. The summed E-state index contributed by atoms with van der Waals surface area (Å²) in [5.74, 6) is 0.762. The average molecular weight is 199 g/mol. The number of rotatable bonds is 7. The zero-order chi connectivity index (χ0) is 10.2. The van der Waals surface area contributed by atoms with E-state index in [1.807, 2.05) is 13.1 Å². The third kappa shape index (κ3) is 3.87. The molecule has 0 unspecified atom stereocenters. The highest BCUT2D eigenvalue weighted by Crippen LogP contribution is 2.03. The van der Waals surface area contributed by atoms with E-state index in [0.717, 1.165) is 31.1 Å². The first-order valence-electron chi connectivity index (χ1n) is 4.65. The Balaban J connectivity index is 2.22. The SMILES string of the molecule is CNCCNCc1cc(COC)on1. The minimum absolute atomic E-state index is 0.476. The number of aromatic nitrogens is 1. The quantitative estimate of drug-likeness (QED) is 0.611. The smallest absolute Gasteiger partial charge is 0.162 e. The number of hydrogen-bond donors (Lipinski definition) is 2. The van der Waals surface area contributed by atoms with Gasteiger partial charge in [-0.15, -0.1) is 0 Å². The van der Waals surface area contributed by atoms with Gasteiger partial charge in [0.1, 0.15) is 6.61 Å². The Bertz CT molecular complexity index is 250. The molecule has 0 saturated heterocycles. The normalized spacial score (nSPS) is 10.7. The minimum atomic E-state index is 0.476. The van der Waals surface area contributed by atoms with Gasteiger partial charge in [-0.2, -0.15) is 0 Å². The number of ether oxygens (including phenoxy) is 1. The van der Waals surface area contributed by atoms with Crippen LogP contribution in [0.4, 0.5) is 0 Å². The van der Waals surface area contributed by atoms with Crippen molar-refractivity contribution in [2.75, 3.05) is 27.2 Å². The van der Waals surface area contributed by atoms with Gasteiger partial charge in [-0.05, 0) is 7.05 Å². The standard InChI is InChI=1S/C9H17N3O2/c1-10-3-4-11-6-8-5-9(7-13-2)14-12-8/h5,10-11H,3-4,6-7H2,1-2H3. The predicted molar refractivity (Wildman–Crippen MR) is 52.8 cm³/mol. The molecule has 5 nitrogen and oxygen atoms in total. The predicted octanol–water partition coefficient (Wildman–Crippen LogP) is 0.130. The number of hydrogen-bond acceptors (Lipinski definition) is 5. The van der Waals surface area contributed by atoms with Crippen LogP contribution in [0.25, 0.3) is 0 Å². The van der Waals surface area contributed by atoms with Crippen LogP contribution in [-0.4, -0.2) is 32.4 Å². The van der Waals surface area contributed by atoms with Gasteiger partial charge in [0.2, 0.25) is 0 Å². The molecular weight excluding hydrogens is 182 g/mol. The van der Waals surface area contributed by atoms with Crippen LogP contribution in [0, 0.1) is 0 Å². The Kier molecular flexibility index (Phi) is 5.21. The van der Waals surface area contributed by atoms with Crippen molar-refractivity contribution in [1.29, 1.82) is 0 Å². The highest BCUT2D eigenvalue weighted by Gasteiger charge is 2.02. The molecule has 0 amide bonds. The van der Waals surface area contributed by atoms with Crippen molar-refractivity contribution in [2.24, 2.45) is 0 Å². The van der Waals surface area contributed by atoms with Crippen LogP contribution in [0.5, 0.6) is 0 Å². The molecule has 1 rings (SSSR count). The van der Waals surface area contributed by atoms with Crippen molar-refractivity contribution in [1.82, 2.24) is 15.8 Å². The van der Waals surface area contributed by atoms with Crippen molar-refractivity contribution >= 4 is 0 Å². The molecule has 0 atom stereocenters. The Morgan fingerprint density at radius 3 is 3.07 bits per heavy atom. The summed E-state index contributed by atoms with van der Waals surface area (Å²) in [7, 11) is 3.56. The average Bonchev–Trinajstić information content (AvgIpc) is 2.61. The molecule has 0 fully saturated rings. The molecule has 5 heteroatoms. The third-order valence-corrected chi connectivity index (χ3v) is 1.75. The summed E-state index contributed by atoms with van der Waals surface area (Å²) >= 11 is 0. The van der Waals surface area contributed by atoms with Crippen LogP contribution >= 0.6 is 0 Å². The summed E-state index contributed by atoms with van der Waals surface area (Å²) in [5, 5.41) is 10.2. The summed E-state index contributed by atoms with van der Waals surface area (Å²) < 4.78 is 9.95. The zero-order valence-corrected chi connectivity index (χ0v) is 8.67. The molecule has 0 spiro atoms. The molecule has 2 N–H and O–H groups in total. The molecule has 14 heavy (non-hydrogen) atoms. The lowest BCUT2D eigenvalue weighted by atomic mass is 10.3. The molecule has 0 aliphatic heterocycles. The molecule has 80 valence electrons. The fourth-order valence-corrected chi connectivity index (χ4v) is 1.08. The van der Waals surface area contributed by atoms with Crippen molar-refractivity contribution in [3.8, 4) is 0 Å². The van der Waals surface area contributed by atoms with E-state index in [1.165, 1.54) is 0 Å². The van der Waals surface area contributed by atoms with E-state index < -0.39 is 0 Å². The summed E-state index contributed by atoms with van der Waals surface area (Å²) in [6.07, 6.45) is 0. The van der Waals surface area contributed by atoms with Crippen molar-refractivity contribution in [3.05, 3.63) is 17.5 Å². The number of nitrogens with one attached hydrogen (secondary N) is 2. The summed E-state index contributed by atoms with van der Waals surface area (Å²) in [5.41, 5.74) is 0.910. The van der Waals surface area contributed by atoms with Crippen molar-refractivity contribution < 1.29 is 9.26 Å². The Morgan fingerprint density at radius 1 is 1.50 bits per heavy atom. The van der Waals surface area contributed by atoms with Gasteiger partial charge in [0.15, 0.2) is 5.76 Å². The number of nitrogens with zero attached hydrogens (tertiary/aromatic N) is 1. The molecule has 0 radical (unpaired) electrons. The molecule has 1 aromatic heterocycles. The highest BCUT2D eigenvalue weighted by atomic mass is 16.5. The van der Waals surface area contributed by atoms with Crippen molar-refractivity contribution in [2.45, 2.75) is 13.2 Å². The molecular formula is C9H17N3O2. The van der Waals surface area contributed by atoms with Gasteiger partial charge in [0.05, 0.1) is 5.69 Å². The van der Waals surface area contributed by atoms with E-state index in [-0.39, 0.29) is 0 Å². The van der Waals surface area contributed by atoms with Gasteiger partial charge >= 0.3 is 0 Å². The molecule has 1 heterocycles. The van der Waals surface area contributed by atoms with Crippen LogP contribution in [0.15, 0.2) is 10.6 Å². The Hall–Kier alpha value is -0.910. The summed E-state index contributed by atoms with van der Waals surface area (Å²) in [4.78, 5) is 0. The molecule has 1 aromatic rings. The first-order chi connectivity index (χ1) is 6.86. The summed E-state index contributed by atoms with van der Waals surface area (Å²) in [6, 6.07) is 1.90. The number of methoxy groups -OCH3 is 1. The first-order valence-corrected chi connectivity index (χ1v) is 4.65. The van der Waals surface area contributed by atoms with Crippen LogP contribution in [0.3, 0.4) is 0 Å². The largest absolute Gasteiger partial charge is 0.377 e. The third-order valence-electron chi connectivity index (χ3n) is 1.75. The molecule has 0 aliphatic rings. The van der Waals surface area contributed by atoms with Gasteiger partial charge in [0.25, 0.3) is 0 Å². The second kappa shape index (κ2) is 6.53.